The van der Waals surface area contributed by atoms with Crippen molar-refractivity contribution < 1.29 is 4.74 Å². The van der Waals surface area contributed by atoms with E-state index in [2.05, 4.69) is 4.98 Å². The summed E-state index contributed by atoms with van der Waals surface area (Å²) in [6.07, 6.45) is 1.63. The molecule has 4 nitrogen and oxygen atoms in total. The van der Waals surface area contributed by atoms with E-state index in [4.69, 9.17) is 15.4 Å². The second kappa shape index (κ2) is 4.21. The molecule has 0 saturated carbocycles. The van der Waals surface area contributed by atoms with E-state index in [0.717, 1.165) is 0 Å². The third kappa shape index (κ3) is 2.27. The van der Waals surface area contributed by atoms with E-state index in [9.17, 15) is 0 Å². The van der Waals surface area contributed by atoms with Crippen LogP contribution in [0.1, 0.15) is 12.1 Å². The Balaban J connectivity index is 2.89. The standard InChI is InChI=1S/C9H9N3O/c1-13-7-3-5-12-9(6-7)8(11)2-4-10/h3,5-6,11H,2H2,1H3. The molecule has 1 heterocycles. The molecular formula is C9H9N3O. The van der Waals surface area contributed by atoms with Crippen molar-refractivity contribution in [3.8, 4) is 11.8 Å². The average Bonchev–Trinajstić information content (AvgIpc) is 2.18. The summed E-state index contributed by atoms with van der Waals surface area (Å²) in [5.74, 6) is 0.646. The van der Waals surface area contributed by atoms with Crippen LogP contribution in [0.4, 0.5) is 0 Å². The molecule has 0 aliphatic heterocycles. The van der Waals surface area contributed by atoms with Crippen molar-refractivity contribution in [3.63, 3.8) is 0 Å². The van der Waals surface area contributed by atoms with Crippen molar-refractivity contribution in [1.82, 2.24) is 4.98 Å². The number of nitrogens with zero attached hydrogens (tertiary/aromatic N) is 2. The number of hydrogen-bond acceptors (Lipinski definition) is 4. The molecule has 0 radical (unpaired) electrons. The molecule has 0 aliphatic rings. The number of nitrogens with one attached hydrogen (secondary N) is 1. The van der Waals surface area contributed by atoms with E-state index >= 15 is 0 Å². The normalized spacial score (nSPS) is 8.92. The Morgan fingerprint density at radius 2 is 2.54 bits per heavy atom. The van der Waals surface area contributed by atoms with Gasteiger partial charge in [0.25, 0.3) is 0 Å². The van der Waals surface area contributed by atoms with Crippen LogP contribution in [0.15, 0.2) is 18.3 Å². The summed E-state index contributed by atoms with van der Waals surface area (Å²) in [4.78, 5) is 3.95. The van der Waals surface area contributed by atoms with Gasteiger partial charge in [0.1, 0.15) is 5.75 Å². The largest absolute Gasteiger partial charge is 0.497 e. The molecule has 1 aromatic rings. The molecular weight excluding hydrogens is 166 g/mol. The number of hydrogen-bond donors (Lipinski definition) is 1. The van der Waals surface area contributed by atoms with Crippen LogP contribution in [0.2, 0.25) is 0 Å². The van der Waals surface area contributed by atoms with Crippen LogP contribution in [0.5, 0.6) is 5.75 Å². The van der Waals surface area contributed by atoms with Gasteiger partial charge >= 0.3 is 0 Å². The first kappa shape index (κ1) is 9.20. The Morgan fingerprint density at radius 1 is 1.77 bits per heavy atom. The predicted molar refractivity (Wildman–Crippen MR) is 47.8 cm³/mol. The molecule has 0 spiro atoms. The maximum absolute atomic E-state index is 8.37. The zero-order chi connectivity index (χ0) is 9.68. The summed E-state index contributed by atoms with van der Waals surface area (Å²) in [6.45, 7) is 0. The number of ether oxygens (including phenoxy) is 1. The first-order valence-electron chi connectivity index (χ1n) is 3.72. The molecule has 0 fully saturated rings. The summed E-state index contributed by atoms with van der Waals surface area (Å²) in [6, 6.07) is 5.23. The molecule has 4 heteroatoms. The van der Waals surface area contributed by atoms with Gasteiger partial charge in [0.2, 0.25) is 0 Å². The van der Waals surface area contributed by atoms with Crippen molar-refractivity contribution in [1.29, 1.82) is 10.7 Å². The molecule has 1 aromatic heterocycles. The smallest absolute Gasteiger partial charge is 0.122 e. The highest BCUT2D eigenvalue weighted by Gasteiger charge is 2.02. The van der Waals surface area contributed by atoms with Crippen molar-refractivity contribution in [2.75, 3.05) is 7.11 Å². The zero-order valence-corrected chi connectivity index (χ0v) is 7.24. The van der Waals surface area contributed by atoms with Crippen LogP contribution in [0, 0.1) is 16.7 Å². The third-order valence-corrected chi connectivity index (χ3v) is 1.53. The zero-order valence-electron chi connectivity index (χ0n) is 7.24. The Morgan fingerprint density at radius 3 is 3.15 bits per heavy atom. The van der Waals surface area contributed by atoms with E-state index in [0.29, 0.717) is 11.4 Å². The van der Waals surface area contributed by atoms with E-state index in [1.807, 2.05) is 6.07 Å². The topological polar surface area (TPSA) is 69.8 Å². The van der Waals surface area contributed by atoms with Crippen LogP contribution in [-0.4, -0.2) is 17.8 Å². The highest BCUT2D eigenvalue weighted by molar-refractivity contribution is 5.97. The van der Waals surface area contributed by atoms with Gasteiger partial charge in [-0.15, -0.1) is 0 Å². The maximum Gasteiger partial charge on any atom is 0.122 e. The summed E-state index contributed by atoms with van der Waals surface area (Å²) < 4.78 is 4.96. The lowest BCUT2D eigenvalue weighted by atomic mass is 10.2. The fraction of sp³-hybridized carbons (Fsp3) is 0.222. The van der Waals surface area contributed by atoms with E-state index in [1.165, 1.54) is 0 Å². The summed E-state index contributed by atoms with van der Waals surface area (Å²) in [5, 5.41) is 15.8. The van der Waals surface area contributed by atoms with Gasteiger partial charge in [-0.3, -0.25) is 4.98 Å². The number of rotatable bonds is 3. The van der Waals surface area contributed by atoms with Gasteiger partial charge in [-0.25, -0.2) is 0 Å². The molecule has 0 bridgehead atoms. The van der Waals surface area contributed by atoms with Crippen LogP contribution in [0.25, 0.3) is 0 Å². The lowest BCUT2D eigenvalue weighted by molar-refractivity contribution is 0.414. The lowest BCUT2D eigenvalue weighted by Crippen LogP contribution is -2.00. The molecule has 66 valence electrons. The molecule has 0 saturated heterocycles. The minimum absolute atomic E-state index is 0.0696. The quantitative estimate of drug-likeness (QED) is 0.705. The molecule has 0 aliphatic carbocycles. The first-order chi connectivity index (χ1) is 6.27. The van der Waals surface area contributed by atoms with E-state index in [-0.39, 0.29) is 12.1 Å². The molecule has 1 rings (SSSR count). The molecule has 13 heavy (non-hydrogen) atoms. The molecule has 1 N–H and O–H groups in total. The Hall–Kier alpha value is -1.89. The SMILES string of the molecule is COc1ccnc(C(=N)CC#N)c1. The molecule has 0 atom stereocenters. The second-order valence-corrected chi connectivity index (χ2v) is 2.39. The highest BCUT2D eigenvalue weighted by atomic mass is 16.5. The summed E-state index contributed by atoms with van der Waals surface area (Å²) in [7, 11) is 1.55. The van der Waals surface area contributed by atoms with Crippen molar-refractivity contribution in [2.24, 2.45) is 0 Å². The second-order valence-electron chi connectivity index (χ2n) is 2.39. The van der Waals surface area contributed by atoms with E-state index < -0.39 is 0 Å². The monoisotopic (exact) mass is 175 g/mol. The van der Waals surface area contributed by atoms with Gasteiger partial charge < -0.3 is 10.1 Å². The van der Waals surface area contributed by atoms with Gasteiger partial charge in [0, 0.05) is 12.3 Å². The fourth-order valence-corrected chi connectivity index (χ4v) is 0.873. The van der Waals surface area contributed by atoms with Gasteiger partial charge in [0.05, 0.1) is 31.0 Å². The molecule has 0 unspecified atom stereocenters. The average molecular weight is 175 g/mol. The van der Waals surface area contributed by atoms with Crippen LogP contribution in [0.3, 0.4) is 0 Å². The number of methoxy groups -OCH3 is 1. The Labute approximate surface area is 76.3 Å². The van der Waals surface area contributed by atoms with Crippen molar-refractivity contribution >= 4 is 5.71 Å². The maximum atomic E-state index is 8.37. The predicted octanol–water partition coefficient (Wildman–Crippen LogP) is 1.37. The van der Waals surface area contributed by atoms with Crippen LogP contribution in [-0.2, 0) is 0 Å². The Kier molecular flexibility index (Phi) is 2.98. The first-order valence-corrected chi connectivity index (χ1v) is 3.72. The third-order valence-electron chi connectivity index (χ3n) is 1.53. The van der Waals surface area contributed by atoms with Gasteiger partial charge in [-0.05, 0) is 6.07 Å². The Bertz CT molecular complexity index is 354. The minimum Gasteiger partial charge on any atom is -0.497 e. The highest BCUT2D eigenvalue weighted by Crippen LogP contribution is 2.10. The molecule has 0 amide bonds. The summed E-state index contributed by atoms with van der Waals surface area (Å²) in [5.41, 5.74) is 0.697. The van der Waals surface area contributed by atoms with Crippen molar-refractivity contribution in [2.45, 2.75) is 6.42 Å². The fourth-order valence-electron chi connectivity index (χ4n) is 0.873. The minimum atomic E-state index is 0.0696. The van der Waals surface area contributed by atoms with Gasteiger partial charge in [0.15, 0.2) is 0 Å². The number of nitriles is 1. The summed E-state index contributed by atoms with van der Waals surface area (Å²) >= 11 is 0. The number of pyridine rings is 1. The molecule has 0 aromatic carbocycles. The van der Waals surface area contributed by atoms with Crippen LogP contribution >= 0.6 is 0 Å². The van der Waals surface area contributed by atoms with Crippen molar-refractivity contribution in [3.05, 3.63) is 24.0 Å². The van der Waals surface area contributed by atoms with Gasteiger partial charge in [-0.1, -0.05) is 0 Å². The van der Waals surface area contributed by atoms with Crippen LogP contribution < -0.4 is 4.74 Å². The van der Waals surface area contributed by atoms with Gasteiger partial charge in [-0.2, -0.15) is 5.26 Å². The number of aromatic nitrogens is 1. The van der Waals surface area contributed by atoms with E-state index in [1.54, 1.807) is 25.4 Å². The lowest BCUT2D eigenvalue weighted by Gasteiger charge is -2.01.